The van der Waals surface area contributed by atoms with E-state index in [2.05, 4.69) is 0 Å². The van der Waals surface area contributed by atoms with E-state index >= 15 is 0 Å². The number of ketones is 1. The molecule has 3 rings (SSSR count). The van der Waals surface area contributed by atoms with Crippen molar-refractivity contribution in [1.29, 1.82) is 0 Å². The first kappa shape index (κ1) is 20.7. The Morgan fingerprint density at radius 3 is 2.43 bits per heavy atom. The van der Waals surface area contributed by atoms with Crippen LogP contribution in [0.15, 0.2) is 46.7 Å². The minimum Gasteiger partial charge on any atom is -0.341 e. The topological polar surface area (TPSA) is 74.8 Å². The number of carbonyl (C=O) groups excluding carboxylic acids is 2. The number of thiophene rings is 1. The molecular formula is C20H24N2O4S2. The zero-order valence-electron chi connectivity index (χ0n) is 15.8. The summed E-state index contributed by atoms with van der Waals surface area (Å²) in [5.74, 6) is -0.124. The maximum atomic E-state index is 12.9. The molecule has 8 heteroatoms. The van der Waals surface area contributed by atoms with Crippen molar-refractivity contribution in [3.63, 3.8) is 0 Å². The lowest BCUT2D eigenvalue weighted by molar-refractivity contribution is -0.131. The number of rotatable bonds is 6. The predicted octanol–water partition coefficient (Wildman–Crippen LogP) is 2.94. The highest BCUT2D eigenvalue weighted by Crippen LogP contribution is 2.19. The standard InChI is InChI=1S/C20H24N2O4S2/c1-16-5-7-17(8-6-16)28(25,26)22-12-3-11-21(13-14-22)20(24)10-9-18(23)19-4-2-15-27-19/h2,4-8,15H,3,9-14H2,1H3. The molecule has 1 aliphatic heterocycles. The molecule has 0 aliphatic carbocycles. The normalized spacial score (nSPS) is 16.0. The lowest BCUT2D eigenvalue weighted by Crippen LogP contribution is -2.37. The number of sulfonamides is 1. The third-order valence-corrected chi connectivity index (χ3v) is 7.65. The second kappa shape index (κ2) is 8.98. The zero-order valence-corrected chi connectivity index (χ0v) is 17.5. The van der Waals surface area contributed by atoms with E-state index in [1.165, 1.54) is 15.6 Å². The van der Waals surface area contributed by atoms with E-state index in [0.717, 1.165) is 5.56 Å². The number of aryl methyl sites for hydroxylation is 1. The summed E-state index contributed by atoms with van der Waals surface area (Å²) >= 11 is 1.38. The lowest BCUT2D eigenvalue weighted by atomic mass is 10.2. The van der Waals surface area contributed by atoms with Crippen molar-refractivity contribution in [1.82, 2.24) is 9.21 Å². The van der Waals surface area contributed by atoms with Crippen LogP contribution in [0.5, 0.6) is 0 Å². The predicted molar refractivity (Wildman–Crippen MR) is 109 cm³/mol. The largest absolute Gasteiger partial charge is 0.341 e. The molecule has 0 N–H and O–H groups in total. The quantitative estimate of drug-likeness (QED) is 0.674. The van der Waals surface area contributed by atoms with Crippen molar-refractivity contribution < 1.29 is 18.0 Å². The van der Waals surface area contributed by atoms with E-state index in [9.17, 15) is 18.0 Å². The Kier molecular flexibility index (Phi) is 6.64. The third-order valence-electron chi connectivity index (χ3n) is 4.83. The molecule has 0 unspecified atom stereocenters. The number of nitrogens with zero attached hydrogens (tertiary/aromatic N) is 2. The van der Waals surface area contributed by atoms with Crippen LogP contribution in [0.4, 0.5) is 0 Å². The van der Waals surface area contributed by atoms with Gasteiger partial charge in [-0.2, -0.15) is 4.31 Å². The molecule has 0 atom stereocenters. The average Bonchev–Trinajstić information content (AvgIpc) is 3.10. The molecule has 1 aromatic heterocycles. The van der Waals surface area contributed by atoms with E-state index in [1.54, 1.807) is 35.2 Å². The van der Waals surface area contributed by atoms with Gasteiger partial charge in [0.05, 0.1) is 9.77 Å². The lowest BCUT2D eigenvalue weighted by Gasteiger charge is -2.22. The Labute approximate surface area is 169 Å². The minimum absolute atomic E-state index is 0.0262. The van der Waals surface area contributed by atoms with Crippen molar-refractivity contribution >= 4 is 33.1 Å². The van der Waals surface area contributed by atoms with Crippen LogP contribution in [0.1, 0.15) is 34.5 Å². The van der Waals surface area contributed by atoms with Crippen molar-refractivity contribution in [3.8, 4) is 0 Å². The maximum absolute atomic E-state index is 12.9. The molecule has 1 aromatic carbocycles. The number of hydrogen-bond donors (Lipinski definition) is 0. The second-order valence-electron chi connectivity index (χ2n) is 6.85. The molecule has 28 heavy (non-hydrogen) atoms. The summed E-state index contributed by atoms with van der Waals surface area (Å²) in [7, 11) is -3.56. The number of benzene rings is 1. The van der Waals surface area contributed by atoms with Crippen molar-refractivity contribution in [2.24, 2.45) is 0 Å². The van der Waals surface area contributed by atoms with E-state index in [1.807, 2.05) is 18.4 Å². The van der Waals surface area contributed by atoms with Gasteiger partial charge in [-0.1, -0.05) is 23.8 Å². The fraction of sp³-hybridized carbons (Fsp3) is 0.400. The van der Waals surface area contributed by atoms with Crippen LogP contribution in [0.25, 0.3) is 0 Å². The Morgan fingerprint density at radius 2 is 1.75 bits per heavy atom. The SMILES string of the molecule is Cc1ccc(S(=O)(=O)N2CCCN(C(=O)CCC(=O)c3cccs3)CC2)cc1. The molecule has 1 fully saturated rings. The van der Waals surface area contributed by atoms with Gasteiger partial charge in [0, 0.05) is 39.0 Å². The first-order valence-corrected chi connectivity index (χ1v) is 11.6. The molecule has 1 amide bonds. The van der Waals surface area contributed by atoms with Crippen LogP contribution in [0, 0.1) is 6.92 Å². The van der Waals surface area contributed by atoms with Crippen LogP contribution in [-0.2, 0) is 14.8 Å². The number of Topliss-reactive ketones (excluding diaryl/α,β-unsaturated/α-hetero) is 1. The molecule has 0 bridgehead atoms. The highest BCUT2D eigenvalue weighted by atomic mass is 32.2. The fourth-order valence-corrected chi connectivity index (χ4v) is 5.35. The van der Waals surface area contributed by atoms with Crippen molar-refractivity contribution in [3.05, 3.63) is 52.2 Å². The molecule has 1 aliphatic rings. The highest BCUT2D eigenvalue weighted by Gasteiger charge is 2.28. The maximum Gasteiger partial charge on any atom is 0.243 e. The van der Waals surface area contributed by atoms with Gasteiger partial charge in [0.2, 0.25) is 15.9 Å². The van der Waals surface area contributed by atoms with E-state index in [4.69, 9.17) is 0 Å². The molecule has 0 saturated carbocycles. The Hall–Kier alpha value is -2.03. The summed E-state index contributed by atoms with van der Waals surface area (Å²) in [5, 5.41) is 1.84. The van der Waals surface area contributed by atoms with Crippen LogP contribution >= 0.6 is 11.3 Å². The zero-order chi connectivity index (χ0) is 20.1. The van der Waals surface area contributed by atoms with Gasteiger partial charge in [0.1, 0.15) is 0 Å². The third kappa shape index (κ3) is 4.87. The van der Waals surface area contributed by atoms with Gasteiger partial charge < -0.3 is 4.90 Å². The van der Waals surface area contributed by atoms with Crippen LogP contribution < -0.4 is 0 Å². The molecule has 6 nitrogen and oxygen atoms in total. The molecule has 0 radical (unpaired) electrons. The van der Waals surface area contributed by atoms with Gasteiger partial charge in [-0.15, -0.1) is 11.3 Å². The van der Waals surface area contributed by atoms with Gasteiger partial charge in [-0.3, -0.25) is 9.59 Å². The number of amides is 1. The van der Waals surface area contributed by atoms with Crippen LogP contribution in [0.3, 0.4) is 0 Å². The van der Waals surface area contributed by atoms with Gasteiger partial charge in [0.15, 0.2) is 5.78 Å². The Balaban J connectivity index is 1.57. The minimum atomic E-state index is -3.56. The summed E-state index contributed by atoms with van der Waals surface area (Å²) in [6, 6.07) is 10.4. The summed E-state index contributed by atoms with van der Waals surface area (Å²) in [6.45, 7) is 3.41. The Bertz CT molecular complexity index is 922. The average molecular weight is 421 g/mol. The molecular weight excluding hydrogens is 396 g/mol. The second-order valence-corrected chi connectivity index (χ2v) is 9.74. The smallest absolute Gasteiger partial charge is 0.243 e. The summed E-state index contributed by atoms with van der Waals surface area (Å²) in [5.41, 5.74) is 1.00. The van der Waals surface area contributed by atoms with Crippen molar-refractivity contribution in [2.75, 3.05) is 26.2 Å². The number of hydrogen-bond acceptors (Lipinski definition) is 5. The highest BCUT2D eigenvalue weighted by molar-refractivity contribution is 7.89. The summed E-state index contributed by atoms with van der Waals surface area (Å²) in [4.78, 5) is 27.2. The van der Waals surface area contributed by atoms with Gasteiger partial charge in [0.25, 0.3) is 0 Å². The van der Waals surface area contributed by atoms with Crippen molar-refractivity contribution in [2.45, 2.75) is 31.1 Å². The first-order valence-electron chi connectivity index (χ1n) is 9.29. The van der Waals surface area contributed by atoms with Gasteiger partial charge in [-0.05, 0) is 36.9 Å². The first-order chi connectivity index (χ1) is 13.4. The van der Waals surface area contributed by atoms with E-state index in [0.29, 0.717) is 30.9 Å². The van der Waals surface area contributed by atoms with Crippen LogP contribution in [0.2, 0.25) is 0 Å². The van der Waals surface area contributed by atoms with E-state index in [-0.39, 0.29) is 36.0 Å². The fourth-order valence-electron chi connectivity index (χ4n) is 3.18. The van der Waals surface area contributed by atoms with Gasteiger partial charge in [-0.25, -0.2) is 8.42 Å². The van der Waals surface area contributed by atoms with Gasteiger partial charge >= 0.3 is 0 Å². The molecule has 150 valence electrons. The van der Waals surface area contributed by atoms with E-state index < -0.39 is 10.0 Å². The monoisotopic (exact) mass is 420 g/mol. The molecule has 2 aromatic rings. The Morgan fingerprint density at radius 1 is 1.00 bits per heavy atom. The molecule has 1 saturated heterocycles. The molecule has 0 spiro atoms. The summed E-state index contributed by atoms with van der Waals surface area (Å²) in [6.07, 6.45) is 0.915. The summed E-state index contributed by atoms with van der Waals surface area (Å²) < 4.78 is 27.2. The number of carbonyl (C=O) groups is 2. The van der Waals surface area contributed by atoms with Crippen LogP contribution in [-0.4, -0.2) is 55.5 Å². The molecule has 2 heterocycles.